The fraction of sp³-hybridized carbons (Fsp3) is 0.147. The highest BCUT2D eigenvalue weighted by molar-refractivity contribution is 6.32. The van der Waals surface area contributed by atoms with Gasteiger partial charge < -0.3 is 10.2 Å². The number of rotatable bonds is 10. The third-order valence-corrected chi connectivity index (χ3v) is 7.10. The molecule has 4 aromatic carbocycles. The highest BCUT2D eigenvalue weighted by Crippen LogP contribution is 2.29. The van der Waals surface area contributed by atoms with Gasteiger partial charge in [0.2, 0.25) is 11.8 Å². The van der Waals surface area contributed by atoms with Crippen molar-refractivity contribution in [3.8, 4) is 16.9 Å². The molecule has 0 bridgehead atoms. The summed E-state index contributed by atoms with van der Waals surface area (Å²) < 4.78 is 1.63. The molecule has 0 saturated carbocycles. The smallest absolute Gasteiger partial charge is 0.245 e. The van der Waals surface area contributed by atoms with Crippen molar-refractivity contribution in [1.29, 1.82) is 0 Å². The number of hydrogen-bond donors (Lipinski definition) is 1. The number of halogens is 1. The summed E-state index contributed by atoms with van der Waals surface area (Å²) in [4.78, 5) is 29.2. The van der Waals surface area contributed by atoms with E-state index in [9.17, 15) is 9.59 Å². The minimum atomic E-state index is -0.518. The van der Waals surface area contributed by atoms with Gasteiger partial charge in [0.15, 0.2) is 0 Å². The van der Waals surface area contributed by atoms with Gasteiger partial charge in [-0.25, -0.2) is 4.68 Å². The first kappa shape index (κ1) is 27.9. The molecule has 206 valence electrons. The van der Waals surface area contributed by atoms with E-state index in [0.717, 1.165) is 16.7 Å². The molecule has 0 aliphatic carbocycles. The van der Waals surface area contributed by atoms with E-state index in [1.807, 2.05) is 122 Å². The molecule has 1 N–H and O–H groups in total. The van der Waals surface area contributed by atoms with Gasteiger partial charge in [-0.3, -0.25) is 9.59 Å². The number of carbonyl (C=O) groups excluding carboxylic acids is 2. The van der Waals surface area contributed by atoms with Crippen LogP contribution in [-0.2, 0) is 9.59 Å². The van der Waals surface area contributed by atoms with Gasteiger partial charge in [-0.05, 0) is 29.7 Å². The Kier molecular flexibility index (Phi) is 8.92. The van der Waals surface area contributed by atoms with Crippen LogP contribution in [0.5, 0.6) is 0 Å². The summed E-state index contributed by atoms with van der Waals surface area (Å²) in [6, 6.07) is 38.3. The van der Waals surface area contributed by atoms with Crippen LogP contribution in [0.3, 0.4) is 0 Å². The highest BCUT2D eigenvalue weighted by Gasteiger charge is 2.29. The zero-order chi connectivity index (χ0) is 28.6. The predicted octanol–water partition coefficient (Wildman–Crippen LogP) is 7.20. The van der Waals surface area contributed by atoms with Crippen molar-refractivity contribution in [3.05, 3.63) is 137 Å². The van der Waals surface area contributed by atoms with Crippen LogP contribution in [0.2, 0.25) is 5.02 Å². The fourth-order valence-electron chi connectivity index (χ4n) is 4.87. The van der Waals surface area contributed by atoms with E-state index in [1.54, 1.807) is 15.6 Å². The second-order valence-electron chi connectivity index (χ2n) is 9.71. The largest absolute Gasteiger partial charge is 0.333 e. The third-order valence-electron chi connectivity index (χ3n) is 6.78. The molecule has 0 radical (unpaired) electrons. The van der Waals surface area contributed by atoms with E-state index < -0.39 is 5.92 Å². The van der Waals surface area contributed by atoms with E-state index in [-0.39, 0.29) is 18.4 Å². The molecular weight excluding hydrogens is 532 g/mol. The molecule has 6 nitrogen and oxygen atoms in total. The van der Waals surface area contributed by atoms with Crippen LogP contribution in [-0.4, -0.2) is 39.6 Å². The molecule has 0 aliphatic rings. The number of benzene rings is 4. The van der Waals surface area contributed by atoms with Gasteiger partial charge in [-0.1, -0.05) is 122 Å². The second kappa shape index (κ2) is 13.1. The number of nitrogens with one attached hydrogen (secondary N) is 1. The Morgan fingerprint density at radius 1 is 0.829 bits per heavy atom. The van der Waals surface area contributed by atoms with Crippen molar-refractivity contribution in [3.63, 3.8) is 0 Å². The first-order valence-corrected chi connectivity index (χ1v) is 14.0. The monoisotopic (exact) mass is 562 g/mol. The molecule has 0 atom stereocenters. The summed E-state index contributed by atoms with van der Waals surface area (Å²) >= 11 is 6.51. The lowest BCUT2D eigenvalue weighted by Crippen LogP contribution is -2.41. The molecule has 5 rings (SSSR count). The lowest BCUT2D eigenvalue weighted by molar-refractivity contribution is -0.135. The summed E-state index contributed by atoms with van der Waals surface area (Å²) in [5, 5.41) is 8.26. The summed E-state index contributed by atoms with van der Waals surface area (Å²) in [6.07, 6.45) is 0.713. The van der Waals surface area contributed by atoms with Gasteiger partial charge in [0.25, 0.3) is 0 Å². The van der Waals surface area contributed by atoms with E-state index >= 15 is 0 Å². The number of para-hydroxylation sites is 1. The van der Waals surface area contributed by atoms with Gasteiger partial charge in [0, 0.05) is 18.2 Å². The molecule has 0 unspecified atom stereocenters. The maximum Gasteiger partial charge on any atom is 0.245 e. The average molecular weight is 563 g/mol. The van der Waals surface area contributed by atoms with Crippen molar-refractivity contribution in [2.75, 3.05) is 18.4 Å². The molecule has 0 saturated heterocycles. The van der Waals surface area contributed by atoms with Gasteiger partial charge in [-0.15, -0.1) is 0 Å². The number of amides is 2. The Labute approximate surface area is 245 Å². The number of aromatic nitrogens is 2. The zero-order valence-corrected chi connectivity index (χ0v) is 23.5. The minimum absolute atomic E-state index is 0.1000. The Bertz CT molecular complexity index is 1560. The molecule has 0 spiro atoms. The first-order chi connectivity index (χ1) is 20.0. The minimum Gasteiger partial charge on any atom is -0.333 e. The van der Waals surface area contributed by atoms with E-state index in [2.05, 4.69) is 5.32 Å². The predicted molar refractivity (Wildman–Crippen MR) is 164 cm³/mol. The Morgan fingerprint density at radius 2 is 1.39 bits per heavy atom. The van der Waals surface area contributed by atoms with Crippen molar-refractivity contribution in [2.45, 2.75) is 19.3 Å². The van der Waals surface area contributed by atoms with Gasteiger partial charge in [-0.2, -0.15) is 5.10 Å². The van der Waals surface area contributed by atoms with Gasteiger partial charge in [0.1, 0.15) is 5.82 Å². The highest BCUT2D eigenvalue weighted by atomic mass is 35.5. The van der Waals surface area contributed by atoms with Crippen molar-refractivity contribution in [2.24, 2.45) is 0 Å². The number of nitrogens with zero attached hydrogens (tertiary/aromatic N) is 3. The fourth-order valence-corrected chi connectivity index (χ4v) is 5.09. The Balaban J connectivity index is 1.44. The van der Waals surface area contributed by atoms with Crippen LogP contribution >= 0.6 is 11.6 Å². The summed E-state index contributed by atoms with van der Waals surface area (Å²) in [5.74, 6) is -0.493. The molecule has 0 fully saturated rings. The van der Waals surface area contributed by atoms with Crippen LogP contribution in [0, 0.1) is 0 Å². The van der Waals surface area contributed by atoms with E-state index in [0.29, 0.717) is 35.2 Å². The van der Waals surface area contributed by atoms with Crippen LogP contribution in [0.15, 0.2) is 121 Å². The normalized spacial score (nSPS) is 10.9. The van der Waals surface area contributed by atoms with Crippen LogP contribution < -0.4 is 5.32 Å². The molecule has 1 heterocycles. The number of hydrogen-bond acceptors (Lipinski definition) is 3. The summed E-state index contributed by atoms with van der Waals surface area (Å²) in [5.41, 5.74) is 4.01. The Morgan fingerprint density at radius 3 is 1.98 bits per heavy atom. The van der Waals surface area contributed by atoms with E-state index in [4.69, 9.17) is 16.7 Å². The zero-order valence-electron chi connectivity index (χ0n) is 22.8. The van der Waals surface area contributed by atoms with E-state index in [1.165, 1.54) is 0 Å². The molecule has 1 aromatic heterocycles. The molecule has 7 heteroatoms. The van der Waals surface area contributed by atoms with Crippen LogP contribution in [0.25, 0.3) is 16.9 Å². The average Bonchev–Trinajstić information content (AvgIpc) is 3.42. The summed E-state index contributed by atoms with van der Waals surface area (Å²) in [7, 11) is 0. The quantitative estimate of drug-likeness (QED) is 0.196. The van der Waals surface area contributed by atoms with Gasteiger partial charge >= 0.3 is 0 Å². The lowest BCUT2D eigenvalue weighted by Gasteiger charge is -2.27. The standard InChI is InChI=1S/C34H31ClN4O2/c1-2-22-38(34(41)33(26-16-8-4-9-17-26)27-18-10-5-11-19-27)24-32(40)36-31-23-29(25-14-6-3-7-15-25)37-39(31)30-21-13-12-20-28(30)35/h3-21,23,33H,2,22,24H2,1H3,(H,36,40). The second-order valence-corrected chi connectivity index (χ2v) is 10.1. The molecule has 41 heavy (non-hydrogen) atoms. The molecule has 5 aromatic rings. The van der Waals surface area contributed by atoms with Crippen molar-refractivity contribution < 1.29 is 9.59 Å². The molecule has 2 amide bonds. The van der Waals surface area contributed by atoms with Crippen molar-refractivity contribution >= 4 is 29.2 Å². The SMILES string of the molecule is CCCN(CC(=O)Nc1cc(-c2ccccc2)nn1-c1ccccc1Cl)C(=O)C(c1ccccc1)c1ccccc1. The topological polar surface area (TPSA) is 67.2 Å². The molecule has 0 aliphatic heterocycles. The van der Waals surface area contributed by atoms with Crippen LogP contribution in [0.4, 0.5) is 5.82 Å². The Hall–Kier alpha value is -4.68. The number of carbonyl (C=O) groups is 2. The summed E-state index contributed by atoms with van der Waals surface area (Å²) in [6.45, 7) is 2.34. The maximum atomic E-state index is 14.1. The van der Waals surface area contributed by atoms with Crippen LogP contribution in [0.1, 0.15) is 30.4 Å². The first-order valence-electron chi connectivity index (χ1n) is 13.6. The number of anilines is 1. The van der Waals surface area contributed by atoms with Crippen molar-refractivity contribution in [1.82, 2.24) is 14.7 Å². The molecular formula is C34H31ClN4O2. The maximum absolute atomic E-state index is 14.1. The lowest BCUT2D eigenvalue weighted by atomic mass is 9.90. The van der Waals surface area contributed by atoms with Gasteiger partial charge in [0.05, 0.1) is 28.9 Å². The third kappa shape index (κ3) is 6.56.